The minimum Gasteiger partial charge on any atom is -0.406 e. The number of nitrogens with zero attached hydrogens (tertiary/aromatic N) is 2. The van der Waals surface area contributed by atoms with Gasteiger partial charge in [-0.15, -0.1) is 13.2 Å². The normalized spacial score (nSPS) is 14.7. The molecule has 0 aliphatic heterocycles. The molecule has 1 saturated carbocycles. The summed E-state index contributed by atoms with van der Waals surface area (Å²) in [6.45, 7) is 0. The van der Waals surface area contributed by atoms with Crippen LogP contribution in [0.2, 0.25) is 0 Å². The van der Waals surface area contributed by atoms with Gasteiger partial charge in [-0.3, -0.25) is 0 Å². The quantitative estimate of drug-likeness (QED) is 0.300. The Labute approximate surface area is 205 Å². The molecular weight excluding hydrogens is 542 g/mol. The second-order valence-electron chi connectivity index (χ2n) is 7.98. The molecule has 4 rings (SSSR count). The van der Waals surface area contributed by atoms with Crippen LogP contribution in [-0.4, -0.2) is 22.4 Å². The van der Waals surface area contributed by atoms with Crippen molar-refractivity contribution >= 4 is 33.4 Å². The fraction of sp³-hybridized carbons (Fsp3) is 0.304. The van der Waals surface area contributed by atoms with Gasteiger partial charge in [0.1, 0.15) is 11.6 Å². The monoisotopic (exact) mass is 560 g/mol. The molecule has 1 aliphatic rings. The Morgan fingerprint density at radius 2 is 1.66 bits per heavy atom. The highest BCUT2D eigenvalue weighted by molar-refractivity contribution is 9.10. The summed E-state index contributed by atoms with van der Waals surface area (Å²) >= 11 is 3.14. The summed E-state index contributed by atoms with van der Waals surface area (Å²) in [5.41, 5.74) is 0.156. The standard InChI is InChI=1S/C23H19BrF6N4O/c24-17-11-14(22(25,26)27)8-9-18(17)32-20-12-19(33-21(34-20)31-15-5-1-2-6-15)13-4-3-7-16(10-13)35-23(28,29)30/h3-4,7-12,15H,1-2,5-6H2,(H2,31,32,33,34). The summed E-state index contributed by atoms with van der Waals surface area (Å²) in [4.78, 5) is 8.88. The van der Waals surface area contributed by atoms with E-state index in [4.69, 9.17) is 0 Å². The molecule has 186 valence electrons. The smallest absolute Gasteiger partial charge is 0.406 e. The first kappa shape index (κ1) is 25.1. The van der Waals surface area contributed by atoms with Gasteiger partial charge in [-0.25, -0.2) is 4.98 Å². The van der Waals surface area contributed by atoms with Crippen molar-refractivity contribution in [3.63, 3.8) is 0 Å². The van der Waals surface area contributed by atoms with Crippen molar-refractivity contribution in [3.05, 3.63) is 58.6 Å². The van der Waals surface area contributed by atoms with Crippen LogP contribution in [0.1, 0.15) is 31.2 Å². The summed E-state index contributed by atoms with van der Waals surface area (Å²) in [5, 5.41) is 6.20. The minimum atomic E-state index is -4.85. The van der Waals surface area contributed by atoms with E-state index in [0.29, 0.717) is 16.9 Å². The molecule has 2 N–H and O–H groups in total. The van der Waals surface area contributed by atoms with E-state index in [1.165, 1.54) is 30.3 Å². The van der Waals surface area contributed by atoms with E-state index in [1.54, 1.807) is 6.07 Å². The van der Waals surface area contributed by atoms with Crippen LogP contribution in [-0.2, 0) is 6.18 Å². The third-order valence-electron chi connectivity index (χ3n) is 5.34. The second kappa shape index (κ2) is 9.92. The number of halogens is 7. The first-order valence-electron chi connectivity index (χ1n) is 10.6. The zero-order chi connectivity index (χ0) is 25.2. The van der Waals surface area contributed by atoms with Gasteiger partial charge in [-0.2, -0.15) is 18.2 Å². The summed E-state index contributed by atoms with van der Waals surface area (Å²) < 4.78 is 81.2. The predicted molar refractivity (Wildman–Crippen MR) is 122 cm³/mol. The van der Waals surface area contributed by atoms with Gasteiger partial charge in [0.25, 0.3) is 0 Å². The van der Waals surface area contributed by atoms with Crippen molar-refractivity contribution < 1.29 is 31.1 Å². The highest BCUT2D eigenvalue weighted by Crippen LogP contribution is 2.36. The number of hydrogen-bond donors (Lipinski definition) is 2. The van der Waals surface area contributed by atoms with Crippen LogP contribution in [0, 0.1) is 0 Å². The van der Waals surface area contributed by atoms with E-state index in [2.05, 4.69) is 41.3 Å². The fourth-order valence-electron chi connectivity index (χ4n) is 3.76. The molecule has 1 aromatic heterocycles. The Hall–Kier alpha value is -3.02. The molecule has 1 fully saturated rings. The lowest BCUT2D eigenvalue weighted by Crippen LogP contribution is -2.17. The van der Waals surface area contributed by atoms with Crippen LogP contribution in [0.15, 0.2) is 53.0 Å². The van der Waals surface area contributed by atoms with E-state index in [0.717, 1.165) is 37.8 Å². The molecule has 0 atom stereocenters. The third-order valence-corrected chi connectivity index (χ3v) is 5.99. The molecule has 1 heterocycles. The first-order chi connectivity index (χ1) is 16.5. The number of ether oxygens (including phenoxy) is 1. The van der Waals surface area contributed by atoms with Crippen LogP contribution in [0.25, 0.3) is 11.3 Å². The number of benzene rings is 2. The Balaban J connectivity index is 1.68. The van der Waals surface area contributed by atoms with Crippen molar-refractivity contribution in [2.75, 3.05) is 10.6 Å². The minimum absolute atomic E-state index is 0.149. The Morgan fingerprint density at radius 3 is 2.31 bits per heavy atom. The van der Waals surface area contributed by atoms with Gasteiger partial charge in [-0.1, -0.05) is 25.0 Å². The number of anilines is 3. The molecule has 5 nitrogen and oxygen atoms in total. The maximum absolute atomic E-state index is 13.0. The van der Waals surface area contributed by atoms with Crippen molar-refractivity contribution in [2.45, 2.75) is 44.3 Å². The number of hydrogen-bond acceptors (Lipinski definition) is 5. The number of alkyl halides is 6. The summed E-state index contributed by atoms with van der Waals surface area (Å²) in [5.74, 6) is 0.0964. The summed E-state index contributed by atoms with van der Waals surface area (Å²) in [6, 6.07) is 10.1. The lowest BCUT2D eigenvalue weighted by molar-refractivity contribution is -0.274. The van der Waals surface area contributed by atoms with Crippen LogP contribution in [0.3, 0.4) is 0 Å². The van der Waals surface area contributed by atoms with E-state index >= 15 is 0 Å². The third kappa shape index (κ3) is 6.77. The van der Waals surface area contributed by atoms with E-state index < -0.39 is 23.9 Å². The average molecular weight is 561 g/mol. The molecule has 0 radical (unpaired) electrons. The molecule has 2 aromatic carbocycles. The van der Waals surface area contributed by atoms with E-state index in [1.807, 2.05) is 0 Å². The van der Waals surface area contributed by atoms with Crippen molar-refractivity contribution in [1.82, 2.24) is 9.97 Å². The van der Waals surface area contributed by atoms with Crippen LogP contribution < -0.4 is 15.4 Å². The maximum atomic E-state index is 13.0. The zero-order valence-electron chi connectivity index (χ0n) is 18.0. The Bertz CT molecular complexity index is 1200. The molecule has 0 amide bonds. The zero-order valence-corrected chi connectivity index (χ0v) is 19.6. The maximum Gasteiger partial charge on any atom is 0.573 e. The summed E-state index contributed by atoms with van der Waals surface area (Å²) in [6.07, 6.45) is -5.38. The molecule has 0 saturated heterocycles. The van der Waals surface area contributed by atoms with Crippen molar-refractivity contribution in [1.29, 1.82) is 0 Å². The first-order valence-corrected chi connectivity index (χ1v) is 11.4. The lowest BCUT2D eigenvalue weighted by atomic mass is 10.1. The predicted octanol–water partition coefficient (Wildman–Crippen LogP) is 7.92. The topological polar surface area (TPSA) is 59.1 Å². The molecule has 35 heavy (non-hydrogen) atoms. The SMILES string of the molecule is FC(F)(F)Oc1cccc(-c2cc(Nc3ccc(C(F)(F)F)cc3Br)nc(NC3CCCC3)n2)c1. The van der Waals surface area contributed by atoms with Crippen LogP contribution >= 0.6 is 15.9 Å². The van der Waals surface area contributed by atoms with E-state index in [-0.39, 0.29) is 22.3 Å². The van der Waals surface area contributed by atoms with Gasteiger partial charge < -0.3 is 15.4 Å². The molecule has 12 heteroatoms. The van der Waals surface area contributed by atoms with Crippen molar-refractivity contribution in [3.8, 4) is 17.0 Å². The average Bonchev–Trinajstić information content (AvgIpc) is 3.26. The van der Waals surface area contributed by atoms with Gasteiger partial charge in [-0.05, 0) is 59.1 Å². The van der Waals surface area contributed by atoms with Crippen molar-refractivity contribution in [2.24, 2.45) is 0 Å². The Morgan fingerprint density at radius 1 is 0.914 bits per heavy atom. The molecule has 3 aromatic rings. The van der Waals surface area contributed by atoms with Gasteiger partial charge in [0, 0.05) is 22.1 Å². The molecule has 0 spiro atoms. The van der Waals surface area contributed by atoms with Crippen LogP contribution in [0.5, 0.6) is 5.75 Å². The molecular formula is C23H19BrF6N4O. The Kier molecular flexibility index (Phi) is 7.11. The molecule has 0 bridgehead atoms. The van der Waals surface area contributed by atoms with Crippen LogP contribution in [0.4, 0.5) is 43.8 Å². The van der Waals surface area contributed by atoms with E-state index in [9.17, 15) is 26.3 Å². The number of rotatable bonds is 6. The van der Waals surface area contributed by atoms with Gasteiger partial charge in [0.2, 0.25) is 5.95 Å². The highest BCUT2D eigenvalue weighted by Gasteiger charge is 2.32. The highest BCUT2D eigenvalue weighted by atomic mass is 79.9. The number of aromatic nitrogens is 2. The largest absolute Gasteiger partial charge is 0.573 e. The lowest BCUT2D eigenvalue weighted by Gasteiger charge is -2.16. The van der Waals surface area contributed by atoms with Gasteiger partial charge >= 0.3 is 12.5 Å². The fourth-order valence-corrected chi connectivity index (χ4v) is 4.24. The second-order valence-corrected chi connectivity index (χ2v) is 8.84. The number of nitrogens with one attached hydrogen (secondary N) is 2. The molecule has 1 aliphatic carbocycles. The molecule has 0 unspecified atom stereocenters. The summed E-state index contributed by atoms with van der Waals surface area (Å²) in [7, 11) is 0. The van der Waals surface area contributed by atoms with Gasteiger partial charge in [0.05, 0.1) is 16.9 Å². The van der Waals surface area contributed by atoms with Gasteiger partial charge in [0.15, 0.2) is 0 Å².